The number of amides is 2. The fourth-order valence-electron chi connectivity index (χ4n) is 2.16. The van der Waals surface area contributed by atoms with Gasteiger partial charge in [-0.25, -0.2) is 4.79 Å². The predicted octanol–water partition coefficient (Wildman–Crippen LogP) is 1.32. The minimum absolute atomic E-state index is 0.0273. The highest BCUT2D eigenvalue weighted by Crippen LogP contribution is 2.19. The number of carbonyl (C=O) groups is 2. The van der Waals surface area contributed by atoms with Crippen LogP contribution in [0.15, 0.2) is 0 Å². The van der Waals surface area contributed by atoms with Crippen molar-refractivity contribution in [1.82, 2.24) is 14.7 Å². The molecule has 1 aliphatic heterocycles. The Morgan fingerprint density at radius 3 is 2.15 bits per heavy atom. The molecule has 0 bridgehead atoms. The van der Waals surface area contributed by atoms with Gasteiger partial charge in [-0.15, -0.1) is 0 Å². The van der Waals surface area contributed by atoms with E-state index < -0.39 is 12.0 Å². The van der Waals surface area contributed by atoms with E-state index in [-0.39, 0.29) is 11.6 Å². The molecule has 116 valence electrons. The number of carboxylic acid groups (broad SMARTS) is 1. The average molecular weight is 285 g/mol. The van der Waals surface area contributed by atoms with E-state index in [4.69, 9.17) is 5.11 Å². The summed E-state index contributed by atoms with van der Waals surface area (Å²) in [5.41, 5.74) is -0.164. The zero-order valence-corrected chi connectivity index (χ0v) is 13.2. The summed E-state index contributed by atoms with van der Waals surface area (Å²) >= 11 is 0. The molecule has 1 unspecified atom stereocenters. The fourth-order valence-corrected chi connectivity index (χ4v) is 2.16. The first-order chi connectivity index (χ1) is 9.20. The van der Waals surface area contributed by atoms with Crippen molar-refractivity contribution in [2.24, 2.45) is 0 Å². The molecule has 1 N–H and O–H groups in total. The second-order valence-electron chi connectivity index (χ2n) is 6.04. The van der Waals surface area contributed by atoms with Crippen LogP contribution in [-0.4, -0.2) is 76.6 Å². The maximum absolute atomic E-state index is 12.4. The van der Waals surface area contributed by atoms with Gasteiger partial charge in [0.1, 0.15) is 6.04 Å². The van der Waals surface area contributed by atoms with Crippen LogP contribution in [0, 0.1) is 0 Å². The zero-order valence-electron chi connectivity index (χ0n) is 13.2. The Kier molecular flexibility index (Phi) is 5.39. The van der Waals surface area contributed by atoms with Crippen LogP contribution in [0.5, 0.6) is 0 Å². The second kappa shape index (κ2) is 6.43. The van der Waals surface area contributed by atoms with E-state index in [1.165, 1.54) is 0 Å². The Morgan fingerprint density at radius 2 is 1.75 bits per heavy atom. The van der Waals surface area contributed by atoms with E-state index >= 15 is 0 Å². The largest absolute Gasteiger partial charge is 0.480 e. The first kappa shape index (κ1) is 16.8. The summed E-state index contributed by atoms with van der Waals surface area (Å²) in [6.07, 6.45) is 0.894. The van der Waals surface area contributed by atoms with Gasteiger partial charge in [0.2, 0.25) is 0 Å². The van der Waals surface area contributed by atoms with Crippen molar-refractivity contribution < 1.29 is 14.7 Å². The molecule has 1 rings (SSSR count). The van der Waals surface area contributed by atoms with Gasteiger partial charge in [-0.1, -0.05) is 6.92 Å². The van der Waals surface area contributed by atoms with Gasteiger partial charge in [0.05, 0.1) is 0 Å². The maximum atomic E-state index is 12.4. The number of piperazine rings is 1. The van der Waals surface area contributed by atoms with Crippen LogP contribution in [-0.2, 0) is 4.79 Å². The van der Waals surface area contributed by atoms with Crippen LogP contribution < -0.4 is 0 Å². The summed E-state index contributed by atoms with van der Waals surface area (Å²) < 4.78 is 0. The van der Waals surface area contributed by atoms with Crippen LogP contribution in [0.1, 0.15) is 34.1 Å². The number of nitrogens with zero attached hydrogens (tertiary/aromatic N) is 3. The Labute approximate surface area is 121 Å². The molecule has 20 heavy (non-hydrogen) atoms. The third-order valence-electron chi connectivity index (χ3n) is 4.55. The Bertz CT molecular complexity index is 363. The van der Waals surface area contributed by atoms with Crippen LogP contribution in [0.4, 0.5) is 4.79 Å². The van der Waals surface area contributed by atoms with Gasteiger partial charge >= 0.3 is 12.0 Å². The Morgan fingerprint density at radius 1 is 1.25 bits per heavy atom. The lowest BCUT2D eigenvalue weighted by Gasteiger charge is -2.42. The van der Waals surface area contributed by atoms with Crippen molar-refractivity contribution in [3.8, 4) is 0 Å². The lowest BCUT2D eigenvalue weighted by atomic mass is 10.0. The maximum Gasteiger partial charge on any atom is 0.320 e. The van der Waals surface area contributed by atoms with Crippen molar-refractivity contribution in [3.05, 3.63) is 0 Å². The lowest BCUT2D eigenvalue weighted by molar-refractivity contribution is -0.143. The molecule has 1 saturated heterocycles. The van der Waals surface area contributed by atoms with Gasteiger partial charge in [-0.2, -0.15) is 0 Å². The summed E-state index contributed by atoms with van der Waals surface area (Å²) in [4.78, 5) is 28.9. The first-order valence-corrected chi connectivity index (χ1v) is 7.20. The molecule has 1 aliphatic rings. The van der Waals surface area contributed by atoms with Gasteiger partial charge in [0, 0.05) is 38.8 Å². The molecule has 0 aromatic rings. The van der Waals surface area contributed by atoms with Gasteiger partial charge in [-0.3, -0.25) is 9.69 Å². The third kappa shape index (κ3) is 3.62. The molecule has 0 saturated carbocycles. The first-order valence-electron chi connectivity index (χ1n) is 7.20. The van der Waals surface area contributed by atoms with E-state index in [1.807, 2.05) is 30.7 Å². The normalized spacial score (nSPS) is 18.8. The minimum Gasteiger partial charge on any atom is -0.480 e. The standard InChI is InChI=1S/C14H27N3O3/c1-6-14(3,4)15(5)13(20)17-9-7-16(8-10-17)11(2)12(18)19/h11H,6-10H2,1-5H3,(H,18,19). The molecule has 0 spiro atoms. The molecule has 6 heteroatoms. The minimum atomic E-state index is -0.811. The number of hydrogen-bond donors (Lipinski definition) is 1. The SMILES string of the molecule is CCC(C)(C)N(C)C(=O)N1CCN(C(C)C(=O)O)CC1. The third-order valence-corrected chi connectivity index (χ3v) is 4.55. The molecule has 6 nitrogen and oxygen atoms in total. The number of aliphatic carboxylic acids is 1. The summed E-state index contributed by atoms with van der Waals surface area (Å²) in [5, 5.41) is 9.01. The van der Waals surface area contributed by atoms with E-state index in [1.54, 1.807) is 11.8 Å². The quantitative estimate of drug-likeness (QED) is 0.846. The van der Waals surface area contributed by atoms with E-state index in [9.17, 15) is 9.59 Å². The van der Waals surface area contributed by atoms with Gasteiger partial charge in [0.15, 0.2) is 0 Å². The Hall–Kier alpha value is -1.30. The smallest absolute Gasteiger partial charge is 0.320 e. The summed E-state index contributed by atoms with van der Waals surface area (Å²) in [6, 6.07) is -0.462. The highest BCUT2D eigenvalue weighted by atomic mass is 16.4. The van der Waals surface area contributed by atoms with Gasteiger partial charge in [-0.05, 0) is 27.2 Å². The van der Waals surface area contributed by atoms with E-state index in [0.717, 1.165) is 6.42 Å². The molecule has 1 fully saturated rings. The molecule has 2 amide bonds. The van der Waals surface area contributed by atoms with E-state index in [0.29, 0.717) is 26.2 Å². The molecule has 0 aromatic heterocycles. The van der Waals surface area contributed by atoms with Crippen LogP contribution in [0.25, 0.3) is 0 Å². The molecule has 0 aromatic carbocycles. The fraction of sp³-hybridized carbons (Fsp3) is 0.857. The predicted molar refractivity (Wildman–Crippen MR) is 77.8 cm³/mol. The van der Waals surface area contributed by atoms with Crippen molar-refractivity contribution in [2.75, 3.05) is 33.2 Å². The molecular weight excluding hydrogens is 258 g/mol. The number of carbonyl (C=O) groups excluding carboxylic acids is 1. The Balaban J connectivity index is 2.57. The monoisotopic (exact) mass is 285 g/mol. The average Bonchev–Trinajstić information content (AvgIpc) is 2.44. The molecule has 1 atom stereocenters. The highest BCUT2D eigenvalue weighted by molar-refractivity contribution is 5.75. The van der Waals surface area contributed by atoms with Crippen molar-refractivity contribution in [3.63, 3.8) is 0 Å². The molecule has 1 heterocycles. The van der Waals surface area contributed by atoms with Crippen LogP contribution in [0.3, 0.4) is 0 Å². The van der Waals surface area contributed by atoms with Crippen LogP contribution in [0.2, 0.25) is 0 Å². The van der Waals surface area contributed by atoms with Crippen molar-refractivity contribution in [2.45, 2.75) is 45.7 Å². The molecule has 0 aliphatic carbocycles. The topological polar surface area (TPSA) is 64.1 Å². The van der Waals surface area contributed by atoms with Crippen molar-refractivity contribution >= 4 is 12.0 Å². The second-order valence-corrected chi connectivity index (χ2v) is 6.04. The van der Waals surface area contributed by atoms with E-state index in [2.05, 4.69) is 6.92 Å². The lowest BCUT2D eigenvalue weighted by Crippen LogP contribution is -2.58. The molecular formula is C14H27N3O3. The van der Waals surface area contributed by atoms with Crippen LogP contribution >= 0.6 is 0 Å². The van der Waals surface area contributed by atoms with Gasteiger partial charge < -0.3 is 14.9 Å². The van der Waals surface area contributed by atoms with Crippen molar-refractivity contribution in [1.29, 1.82) is 0 Å². The number of rotatable bonds is 4. The summed E-state index contributed by atoms with van der Waals surface area (Å²) in [5.74, 6) is -0.811. The number of carboxylic acids is 1. The zero-order chi connectivity index (χ0) is 15.5. The number of urea groups is 1. The summed E-state index contributed by atoms with van der Waals surface area (Å²) in [6.45, 7) is 10.2. The summed E-state index contributed by atoms with van der Waals surface area (Å²) in [7, 11) is 1.83. The van der Waals surface area contributed by atoms with Gasteiger partial charge in [0.25, 0.3) is 0 Å². The molecule has 0 radical (unpaired) electrons. The number of hydrogen-bond acceptors (Lipinski definition) is 3. The highest BCUT2D eigenvalue weighted by Gasteiger charge is 2.32.